The molecule has 2 nitrogen and oxygen atoms in total. The Balaban J connectivity index is 2.06. The van der Waals surface area contributed by atoms with Crippen molar-refractivity contribution in [3.63, 3.8) is 0 Å². The highest BCUT2D eigenvalue weighted by molar-refractivity contribution is 6.35. The van der Waals surface area contributed by atoms with Gasteiger partial charge >= 0.3 is 0 Å². The molecule has 0 saturated carbocycles. The van der Waals surface area contributed by atoms with Gasteiger partial charge in [-0.3, -0.25) is 0 Å². The molecule has 0 fully saturated rings. The van der Waals surface area contributed by atoms with Crippen LogP contribution in [0.15, 0.2) is 60.7 Å². The van der Waals surface area contributed by atoms with E-state index >= 15 is 0 Å². The zero-order chi connectivity index (χ0) is 13.2. The van der Waals surface area contributed by atoms with Crippen LogP contribution in [0.3, 0.4) is 0 Å². The molecule has 3 aromatic carbocycles. The first-order chi connectivity index (χ1) is 9.24. The summed E-state index contributed by atoms with van der Waals surface area (Å²) in [4.78, 5) is 0. The van der Waals surface area contributed by atoms with E-state index in [1.165, 1.54) is 0 Å². The Morgan fingerprint density at radius 3 is 2.21 bits per heavy atom. The molecular weight excluding hydrogens is 258 g/mol. The van der Waals surface area contributed by atoms with Gasteiger partial charge in [-0.1, -0.05) is 35.9 Å². The Hall–Kier alpha value is -2.19. The van der Waals surface area contributed by atoms with E-state index in [-0.39, 0.29) is 0 Å². The molecule has 0 unspecified atom stereocenters. The Morgan fingerprint density at radius 1 is 0.789 bits per heavy atom. The van der Waals surface area contributed by atoms with Crippen molar-refractivity contribution in [2.24, 2.45) is 0 Å². The van der Waals surface area contributed by atoms with Gasteiger partial charge in [-0.2, -0.15) is 0 Å². The summed E-state index contributed by atoms with van der Waals surface area (Å²) < 4.78 is 5.89. The molecular formula is C16H12ClNO. The van der Waals surface area contributed by atoms with Gasteiger partial charge < -0.3 is 10.5 Å². The molecule has 0 aromatic heterocycles. The van der Waals surface area contributed by atoms with Crippen molar-refractivity contribution in [1.82, 2.24) is 0 Å². The second-order valence-electron chi connectivity index (χ2n) is 4.26. The van der Waals surface area contributed by atoms with E-state index in [0.29, 0.717) is 5.69 Å². The summed E-state index contributed by atoms with van der Waals surface area (Å²) >= 11 is 6.18. The first-order valence-corrected chi connectivity index (χ1v) is 6.32. The number of nitrogens with two attached hydrogens (primary N) is 1. The number of ether oxygens (including phenoxy) is 1. The minimum Gasteiger partial charge on any atom is -0.457 e. The van der Waals surface area contributed by atoms with Crippen LogP contribution in [0.1, 0.15) is 0 Å². The van der Waals surface area contributed by atoms with Gasteiger partial charge in [-0.05, 0) is 36.4 Å². The zero-order valence-electron chi connectivity index (χ0n) is 10.1. The van der Waals surface area contributed by atoms with Crippen LogP contribution in [-0.2, 0) is 0 Å². The molecule has 0 aliphatic rings. The van der Waals surface area contributed by atoms with Crippen LogP contribution in [0.4, 0.5) is 5.69 Å². The highest BCUT2D eigenvalue weighted by atomic mass is 35.5. The molecule has 2 N–H and O–H groups in total. The molecule has 3 aromatic rings. The molecule has 0 aliphatic heterocycles. The number of anilines is 1. The van der Waals surface area contributed by atoms with Crippen molar-refractivity contribution < 1.29 is 4.74 Å². The van der Waals surface area contributed by atoms with E-state index in [1.807, 2.05) is 60.7 Å². The van der Waals surface area contributed by atoms with Crippen molar-refractivity contribution in [3.8, 4) is 11.5 Å². The van der Waals surface area contributed by atoms with Crippen molar-refractivity contribution in [1.29, 1.82) is 0 Å². The molecule has 0 saturated heterocycles. The molecule has 0 heterocycles. The summed E-state index contributed by atoms with van der Waals surface area (Å²) in [6.07, 6.45) is 0. The fourth-order valence-corrected chi connectivity index (χ4v) is 2.21. The highest BCUT2D eigenvalue weighted by Crippen LogP contribution is 2.34. The molecule has 0 amide bonds. The standard InChI is InChI=1S/C16H12ClNO/c17-15-9-10-16(14-4-2-1-3-13(14)15)19-12-7-5-11(18)6-8-12/h1-10H,18H2. The minimum absolute atomic E-state index is 0.716. The average molecular weight is 270 g/mol. The van der Waals surface area contributed by atoms with E-state index in [0.717, 1.165) is 27.3 Å². The number of halogens is 1. The van der Waals surface area contributed by atoms with Crippen molar-refractivity contribution in [2.75, 3.05) is 5.73 Å². The third-order valence-corrected chi connectivity index (χ3v) is 3.27. The number of hydrogen-bond acceptors (Lipinski definition) is 2. The molecule has 94 valence electrons. The van der Waals surface area contributed by atoms with E-state index in [2.05, 4.69) is 0 Å². The third kappa shape index (κ3) is 2.35. The summed E-state index contributed by atoms with van der Waals surface area (Å²) in [5, 5.41) is 2.70. The number of rotatable bonds is 2. The fraction of sp³-hybridized carbons (Fsp3) is 0. The molecule has 0 atom stereocenters. The quantitative estimate of drug-likeness (QED) is 0.674. The van der Waals surface area contributed by atoms with Gasteiger partial charge in [-0.15, -0.1) is 0 Å². The van der Waals surface area contributed by atoms with E-state index < -0.39 is 0 Å². The van der Waals surface area contributed by atoms with Crippen LogP contribution >= 0.6 is 11.6 Å². The number of benzene rings is 3. The Labute approximate surface area is 116 Å². The Bertz CT molecular complexity index is 722. The summed E-state index contributed by atoms with van der Waals surface area (Å²) in [6, 6.07) is 18.9. The maximum Gasteiger partial charge on any atom is 0.135 e. The first kappa shape index (κ1) is 11.9. The summed E-state index contributed by atoms with van der Waals surface area (Å²) in [5.74, 6) is 1.53. The molecule has 0 spiro atoms. The predicted octanol–water partition coefficient (Wildman–Crippen LogP) is 4.87. The lowest BCUT2D eigenvalue weighted by atomic mass is 10.1. The molecule has 0 bridgehead atoms. The molecule has 0 radical (unpaired) electrons. The van der Waals surface area contributed by atoms with Gasteiger partial charge in [0.15, 0.2) is 0 Å². The second kappa shape index (κ2) is 4.82. The Morgan fingerprint density at radius 2 is 1.47 bits per heavy atom. The van der Waals surface area contributed by atoms with Gasteiger partial charge in [0.25, 0.3) is 0 Å². The van der Waals surface area contributed by atoms with Crippen LogP contribution in [0.25, 0.3) is 10.8 Å². The van der Waals surface area contributed by atoms with Gasteiger partial charge in [-0.25, -0.2) is 0 Å². The Kier molecular flexibility index (Phi) is 3.02. The lowest BCUT2D eigenvalue weighted by Crippen LogP contribution is -1.88. The van der Waals surface area contributed by atoms with Crippen LogP contribution in [0, 0.1) is 0 Å². The number of fused-ring (bicyclic) bond motifs is 1. The van der Waals surface area contributed by atoms with Crippen LogP contribution in [0.5, 0.6) is 11.5 Å². The SMILES string of the molecule is Nc1ccc(Oc2ccc(Cl)c3ccccc23)cc1. The monoisotopic (exact) mass is 269 g/mol. The highest BCUT2D eigenvalue weighted by Gasteiger charge is 2.06. The molecule has 0 aliphatic carbocycles. The van der Waals surface area contributed by atoms with Crippen LogP contribution in [-0.4, -0.2) is 0 Å². The van der Waals surface area contributed by atoms with E-state index in [1.54, 1.807) is 0 Å². The smallest absolute Gasteiger partial charge is 0.135 e. The molecule has 3 rings (SSSR count). The predicted molar refractivity (Wildman–Crippen MR) is 79.9 cm³/mol. The van der Waals surface area contributed by atoms with Crippen molar-refractivity contribution >= 4 is 28.1 Å². The maximum atomic E-state index is 6.18. The van der Waals surface area contributed by atoms with Gasteiger partial charge in [0, 0.05) is 21.5 Å². The average Bonchev–Trinajstić information content (AvgIpc) is 2.45. The number of nitrogen functional groups attached to an aromatic ring is 1. The third-order valence-electron chi connectivity index (χ3n) is 2.94. The zero-order valence-corrected chi connectivity index (χ0v) is 10.9. The lowest BCUT2D eigenvalue weighted by Gasteiger charge is -2.10. The van der Waals surface area contributed by atoms with Gasteiger partial charge in [0.1, 0.15) is 11.5 Å². The summed E-state index contributed by atoms with van der Waals surface area (Å²) in [5.41, 5.74) is 6.37. The topological polar surface area (TPSA) is 35.2 Å². The van der Waals surface area contributed by atoms with E-state index in [4.69, 9.17) is 22.1 Å². The van der Waals surface area contributed by atoms with Crippen LogP contribution in [0.2, 0.25) is 5.02 Å². The summed E-state index contributed by atoms with van der Waals surface area (Å²) in [7, 11) is 0. The maximum absolute atomic E-state index is 6.18. The van der Waals surface area contributed by atoms with Gasteiger partial charge in [0.05, 0.1) is 0 Å². The first-order valence-electron chi connectivity index (χ1n) is 5.95. The largest absolute Gasteiger partial charge is 0.457 e. The minimum atomic E-state index is 0.716. The van der Waals surface area contributed by atoms with Gasteiger partial charge in [0.2, 0.25) is 0 Å². The number of hydrogen-bond donors (Lipinski definition) is 1. The van der Waals surface area contributed by atoms with Crippen molar-refractivity contribution in [2.45, 2.75) is 0 Å². The van der Waals surface area contributed by atoms with E-state index in [9.17, 15) is 0 Å². The fourth-order valence-electron chi connectivity index (χ4n) is 1.99. The van der Waals surface area contributed by atoms with Crippen molar-refractivity contribution in [3.05, 3.63) is 65.7 Å². The molecule has 3 heteroatoms. The lowest BCUT2D eigenvalue weighted by molar-refractivity contribution is 0.488. The molecule has 19 heavy (non-hydrogen) atoms. The normalized spacial score (nSPS) is 10.6. The van der Waals surface area contributed by atoms with Crippen LogP contribution < -0.4 is 10.5 Å². The summed E-state index contributed by atoms with van der Waals surface area (Å²) in [6.45, 7) is 0. The second-order valence-corrected chi connectivity index (χ2v) is 4.67.